The average molecular weight is 1400 g/mol. The van der Waals surface area contributed by atoms with Gasteiger partial charge < -0.3 is 5.32 Å². The molecule has 0 atom stereocenters. The lowest BCUT2D eigenvalue weighted by Crippen LogP contribution is -2.45. The molecule has 1 aliphatic heterocycles. The van der Waals surface area contributed by atoms with E-state index in [1.807, 2.05) is 65.8 Å². The van der Waals surface area contributed by atoms with Gasteiger partial charge >= 0.3 is 0 Å². The van der Waals surface area contributed by atoms with Gasteiger partial charge in [-0.05, 0) is 164 Å². The SMILES string of the molecule is Cc1ccc(S(=O)(=O)NCCCN(CCN(CCCNCc2ccc(CN3CCCN(S(=O)(=O)c4ccc(C)cc4)CCN(S(=O)(=O)c4ccc(C)cc4)CCCN(S(=O)(=O)c4ccc(C)cc4)CC3)cc2)S(=O)(=O)c2ccc(C)cc2)S(=O)(=O)c2ccc(C)cc2)cc1. The van der Waals surface area contributed by atoms with Crippen LogP contribution in [0.2, 0.25) is 0 Å². The van der Waals surface area contributed by atoms with Gasteiger partial charge in [0.15, 0.2) is 0 Å². The highest BCUT2D eigenvalue weighted by molar-refractivity contribution is 7.90. The Balaban J connectivity index is 0.956. The van der Waals surface area contributed by atoms with Gasteiger partial charge in [0, 0.05) is 91.6 Å². The first-order chi connectivity index (χ1) is 44.5. The van der Waals surface area contributed by atoms with E-state index in [0.717, 1.165) is 44.5 Å². The Kier molecular flexibility index (Phi) is 25.7. The van der Waals surface area contributed by atoms with Gasteiger partial charge in [-0.15, -0.1) is 0 Å². The van der Waals surface area contributed by atoms with Crippen molar-refractivity contribution in [3.8, 4) is 0 Å². The van der Waals surface area contributed by atoms with Crippen molar-refractivity contribution in [2.75, 3.05) is 91.6 Å². The smallest absolute Gasteiger partial charge is 0.243 e. The normalized spacial score (nSPS) is 15.5. The molecule has 0 radical (unpaired) electrons. The van der Waals surface area contributed by atoms with Crippen LogP contribution in [0.5, 0.6) is 0 Å². The molecule has 2 N–H and O–H groups in total. The van der Waals surface area contributed by atoms with Crippen LogP contribution < -0.4 is 10.0 Å². The summed E-state index contributed by atoms with van der Waals surface area (Å²) in [6, 6.07) is 46.7. The lowest BCUT2D eigenvalue weighted by atomic mass is 10.1. The minimum absolute atomic E-state index is 0.0134. The molecular formula is C68H88N8O12S6. The Morgan fingerprint density at radius 2 is 0.638 bits per heavy atom. The summed E-state index contributed by atoms with van der Waals surface area (Å²) in [5, 5.41) is 3.42. The number of hydrogen-bond donors (Lipinski definition) is 2. The van der Waals surface area contributed by atoms with Crippen molar-refractivity contribution in [3.05, 3.63) is 214 Å². The number of sulfonamides is 6. The maximum absolute atomic E-state index is 14.5. The molecule has 26 heteroatoms. The minimum Gasteiger partial charge on any atom is -0.313 e. The van der Waals surface area contributed by atoms with Crippen LogP contribution in [0, 0.1) is 41.5 Å². The summed E-state index contributed by atoms with van der Waals surface area (Å²) in [5.41, 5.74) is 7.08. The molecule has 0 aromatic heterocycles. The van der Waals surface area contributed by atoms with Crippen LogP contribution in [-0.2, 0) is 73.2 Å². The van der Waals surface area contributed by atoms with Gasteiger partial charge in [-0.2, -0.15) is 21.5 Å². The Morgan fingerprint density at radius 1 is 0.330 bits per heavy atom. The summed E-state index contributed by atoms with van der Waals surface area (Å²) in [6.07, 6.45) is 0.905. The molecule has 508 valence electrons. The predicted molar refractivity (Wildman–Crippen MR) is 368 cm³/mol. The maximum Gasteiger partial charge on any atom is 0.243 e. The van der Waals surface area contributed by atoms with Gasteiger partial charge in [0.1, 0.15) is 0 Å². The minimum atomic E-state index is -4.18. The van der Waals surface area contributed by atoms with E-state index in [-0.39, 0.29) is 121 Å². The van der Waals surface area contributed by atoms with Gasteiger partial charge in [-0.1, -0.05) is 130 Å². The largest absolute Gasteiger partial charge is 0.313 e. The second kappa shape index (κ2) is 32.8. The van der Waals surface area contributed by atoms with E-state index in [9.17, 15) is 50.5 Å². The quantitative estimate of drug-likeness (QED) is 0.0459. The molecule has 7 aromatic rings. The Hall–Kier alpha value is -6.08. The Labute approximate surface area is 558 Å². The molecule has 1 aliphatic rings. The zero-order valence-electron chi connectivity index (χ0n) is 54.3. The molecule has 7 aromatic carbocycles. The van der Waals surface area contributed by atoms with E-state index >= 15 is 0 Å². The Morgan fingerprint density at radius 3 is 1.01 bits per heavy atom. The average Bonchev–Trinajstić information content (AvgIpc) is 0.883. The van der Waals surface area contributed by atoms with Crippen molar-refractivity contribution in [2.45, 2.75) is 110 Å². The topological polar surface area (TPSA) is 248 Å². The summed E-state index contributed by atoms with van der Waals surface area (Å²) in [5.74, 6) is 0. The van der Waals surface area contributed by atoms with Crippen molar-refractivity contribution < 1.29 is 50.5 Å². The van der Waals surface area contributed by atoms with Crippen LogP contribution >= 0.6 is 0 Å². The molecular weight excluding hydrogens is 1310 g/mol. The number of nitrogens with one attached hydrogen (secondary N) is 2. The van der Waals surface area contributed by atoms with Crippen molar-refractivity contribution in [1.82, 2.24) is 36.5 Å². The highest BCUT2D eigenvalue weighted by Gasteiger charge is 2.33. The van der Waals surface area contributed by atoms with E-state index in [4.69, 9.17) is 0 Å². The van der Waals surface area contributed by atoms with Crippen molar-refractivity contribution in [1.29, 1.82) is 0 Å². The zero-order chi connectivity index (χ0) is 67.9. The van der Waals surface area contributed by atoms with Crippen molar-refractivity contribution in [3.63, 3.8) is 0 Å². The van der Waals surface area contributed by atoms with E-state index in [0.29, 0.717) is 39.0 Å². The molecule has 0 saturated carbocycles. The lowest BCUT2D eigenvalue weighted by molar-refractivity contribution is 0.224. The first-order valence-electron chi connectivity index (χ1n) is 31.5. The van der Waals surface area contributed by atoms with Crippen molar-refractivity contribution in [2.24, 2.45) is 0 Å². The third-order valence-electron chi connectivity index (χ3n) is 16.6. The molecule has 1 heterocycles. The van der Waals surface area contributed by atoms with E-state index < -0.39 is 60.1 Å². The molecule has 0 amide bonds. The lowest BCUT2D eigenvalue weighted by Gasteiger charge is -2.31. The monoisotopic (exact) mass is 1400 g/mol. The fourth-order valence-electron chi connectivity index (χ4n) is 10.8. The number of aryl methyl sites for hydroxylation is 6. The summed E-state index contributed by atoms with van der Waals surface area (Å²) < 4.78 is 180. The summed E-state index contributed by atoms with van der Waals surface area (Å²) >= 11 is 0. The molecule has 20 nitrogen and oxygen atoms in total. The highest BCUT2D eigenvalue weighted by Crippen LogP contribution is 2.25. The third kappa shape index (κ3) is 19.8. The summed E-state index contributed by atoms with van der Waals surface area (Å²) in [6.45, 7) is 12.1. The molecule has 0 spiro atoms. The van der Waals surface area contributed by atoms with Gasteiger partial charge in [0.05, 0.1) is 29.4 Å². The zero-order valence-corrected chi connectivity index (χ0v) is 59.2. The standard InChI is InChI=1S/C68H88N8O12S6/c1-55-11-27-63(28-12-55)89(77,78)70-40-8-43-73(91(81,82)65-31-15-57(3)16-32-65)50-49-72(90(79,80)64-29-13-56(2)14-30-64)42-7-39-69-53-61-23-25-62(26-24-61)54-71-41-9-44-75(93(85,86)67-35-19-59(5)20-36-67)51-52-76(94(87,88)68-37-21-60(6)22-38-68)46-10-45-74(48-47-71)92(83,84)66-33-17-58(4)18-34-66/h11-38,69-70H,7-10,39-54H2,1-6H3. The van der Waals surface area contributed by atoms with Crippen LogP contribution in [0.3, 0.4) is 0 Å². The molecule has 0 aliphatic carbocycles. The van der Waals surface area contributed by atoms with E-state index in [1.165, 1.54) is 70.1 Å². The molecule has 0 unspecified atom stereocenters. The van der Waals surface area contributed by atoms with Crippen LogP contribution in [0.4, 0.5) is 0 Å². The Bertz CT molecular complexity index is 4330. The van der Waals surface area contributed by atoms with Gasteiger partial charge in [-0.25, -0.2) is 55.2 Å². The molecule has 0 bridgehead atoms. The van der Waals surface area contributed by atoms with Crippen LogP contribution in [-0.4, -0.2) is 169 Å². The fourth-order valence-corrected chi connectivity index (χ4v) is 19.2. The van der Waals surface area contributed by atoms with Gasteiger partial charge in [-0.3, -0.25) is 4.90 Å². The second-order valence-corrected chi connectivity index (χ2v) is 35.4. The third-order valence-corrected chi connectivity index (χ3v) is 27.6. The fraction of sp³-hybridized carbons (Fsp3) is 0.382. The van der Waals surface area contributed by atoms with E-state index in [2.05, 4.69) is 14.9 Å². The number of hydrogen-bond acceptors (Lipinski definition) is 14. The molecule has 1 saturated heterocycles. The van der Waals surface area contributed by atoms with Crippen molar-refractivity contribution >= 4 is 60.1 Å². The van der Waals surface area contributed by atoms with Crippen LogP contribution in [0.25, 0.3) is 0 Å². The molecule has 8 rings (SSSR count). The van der Waals surface area contributed by atoms with E-state index in [1.54, 1.807) is 97.1 Å². The number of nitrogens with zero attached hydrogens (tertiary/aromatic N) is 6. The first-order valence-corrected chi connectivity index (χ1v) is 40.2. The van der Waals surface area contributed by atoms with Gasteiger partial charge in [0.25, 0.3) is 0 Å². The van der Waals surface area contributed by atoms with Gasteiger partial charge in [0.2, 0.25) is 60.1 Å². The number of benzene rings is 7. The number of rotatable bonds is 27. The molecule has 1 fully saturated rings. The first kappa shape index (κ1) is 73.7. The summed E-state index contributed by atoms with van der Waals surface area (Å²) in [4.78, 5) is 2.51. The van der Waals surface area contributed by atoms with Crippen LogP contribution in [0.15, 0.2) is 199 Å². The maximum atomic E-state index is 14.5. The summed E-state index contributed by atoms with van der Waals surface area (Å²) in [7, 11) is -24.5. The van der Waals surface area contributed by atoms with Crippen LogP contribution in [0.1, 0.15) is 70.2 Å². The molecule has 94 heavy (non-hydrogen) atoms. The predicted octanol–water partition coefficient (Wildman–Crippen LogP) is 8.44. The second-order valence-electron chi connectivity index (χ2n) is 24.0. The highest BCUT2D eigenvalue weighted by atomic mass is 32.2.